The molecule has 0 aliphatic carbocycles. The predicted molar refractivity (Wildman–Crippen MR) is 108 cm³/mol. The number of hydrogen-bond donors (Lipinski definition) is 1. The van der Waals surface area contributed by atoms with Crippen LogP contribution in [0.2, 0.25) is 15.1 Å². The van der Waals surface area contributed by atoms with Crippen LogP contribution >= 0.6 is 46.1 Å². The molecule has 0 saturated carbocycles. The second-order valence-corrected chi connectivity index (χ2v) is 7.83. The third-order valence-electron chi connectivity index (χ3n) is 3.41. The van der Waals surface area contributed by atoms with E-state index in [0.29, 0.717) is 25.9 Å². The number of ether oxygens (including phenoxy) is 1. The molecule has 3 rings (SSSR count). The van der Waals surface area contributed by atoms with Crippen molar-refractivity contribution in [2.75, 3.05) is 11.9 Å². The number of carbonyl (C=O) groups excluding carboxylic acids is 1. The lowest BCUT2D eigenvalue weighted by atomic mass is 10.1. The normalized spacial score (nSPS) is 10.6. The summed E-state index contributed by atoms with van der Waals surface area (Å²) in [6.45, 7) is 1.74. The van der Waals surface area contributed by atoms with E-state index < -0.39 is 0 Å². The average molecular weight is 428 g/mol. The van der Waals surface area contributed by atoms with Crippen LogP contribution in [0.5, 0.6) is 5.75 Å². The van der Waals surface area contributed by atoms with E-state index in [0.717, 1.165) is 16.1 Å². The first kappa shape index (κ1) is 19.0. The molecule has 134 valence electrons. The Bertz CT molecular complexity index is 942. The van der Waals surface area contributed by atoms with Gasteiger partial charge in [-0.2, -0.15) is 0 Å². The van der Waals surface area contributed by atoms with Crippen molar-refractivity contribution in [1.29, 1.82) is 0 Å². The lowest BCUT2D eigenvalue weighted by Crippen LogP contribution is -2.20. The zero-order chi connectivity index (χ0) is 18.7. The monoisotopic (exact) mass is 426 g/mol. The molecule has 1 aromatic heterocycles. The van der Waals surface area contributed by atoms with Crippen LogP contribution in [0.3, 0.4) is 0 Å². The highest BCUT2D eigenvalue weighted by Gasteiger charge is 2.13. The zero-order valence-electron chi connectivity index (χ0n) is 13.6. The van der Waals surface area contributed by atoms with E-state index in [1.54, 1.807) is 30.3 Å². The smallest absolute Gasteiger partial charge is 0.264 e. The number of benzene rings is 2. The van der Waals surface area contributed by atoms with Crippen LogP contribution in [-0.4, -0.2) is 17.5 Å². The fraction of sp³-hybridized carbons (Fsp3) is 0.111. The highest BCUT2D eigenvalue weighted by molar-refractivity contribution is 7.16. The molecule has 26 heavy (non-hydrogen) atoms. The number of rotatable bonds is 5. The molecule has 0 atom stereocenters. The minimum Gasteiger partial charge on any atom is -0.482 e. The van der Waals surface area contributed by atoms with Crippen molar-refractivity contribution >= 4 is 57.2 Å². The Morgan fingerprint density at radius 1 is 1.12 bits per heavy atom. The van der Waals surface area contributed by atoms with Crippen molar-refractivity contribution in [2.45, 2.75) is 6.92 Å². The summed E-state index contributed by atoms with van der Waals surface area (Å²) in [5.41, 5.74) is 1.74. The first-order chi connectivity index (χ1) is 12.4. The summed E-state index contributed by atoms with van der Waals surface area (Å²) >= 11 is 19.2. The van der Waals surface area contributed by atoms with Gasteiger partial charge in [-0.15, -0.1) is 11.3 Å². The first-order valence-electron chi connectivity index (χ1n) is 7.53. The molecule has 1 N–H and O–H groups in total. The standard InChI is InChI=1S/C18H13Cl3N2O2S/c1-10-17(11-2-4-12(19)5-3-11)23-18(26-10)22-16(24)9-25-15-8-13(20)6-7-14(15)21/h2-8H,9H2,1H3,(H,22,23,24). The van der Waals surface area contributed by atoms with Crippen molar-refractivity contribution < 1.29 is 9.53 Å². The summed E-state index contributed by atoms with van der Waals surface area (Å²) in [7, 11) is 0. The molecule has 0 radical (unpaired) electrons. The minimum absolute atomic E-state index is 0.199. The van der Waals surface area contributed by atoms with Crippen molar-refractivity contribution in [2.24, 2.45) is 0 Å². The zero-order valence-corrected chi connectivity index (χ0v) is 16.6. The van der Waals surface area contributed by atoms with E-state index >= 15 is 0 Å². The number of aromatic nitrogens is 1. The SMILES string of the molecule is Cc1sc(NC(=O)COc2cc(Cl)ccc2Cl)nc1-c1ccc(Cl)cc1. The number of anilines is 1. The highest BCUT2D eigenvalue weighted by atomic mass is 35.5. The molecule has 2 aromatic carbocycles. The topological polar surface area (TPSA) is 51.2 Å². The Labute approximate surface area is 169 Å². The number of halogens is 3. The van der Waals surface area contributed by atoms with Gasteiger partial charge >= 0.3 is 0 Å². The molecule has 8 heteroatoms. The van der Waals surface area contributed by atoms with Crippen LogP contribution in [0.4, 0.5) is 5.13 Å². The third-order valence-corrected chi connectivity index (χ3v) is 5.10. The lowest BCUT2D eigenvalue weighted by Gasteiger charge is -2.07. The summed E-state index contributed by atoms with van der Waals surface area (Å²) in [6, 6.07) is 12.2. The molecule has 1 heterocycles. The van der Waals surface area contributed by atoms with Gasteiger partial charge in [-0.1, -0.05) is 46.9 Å². The molecule has 0 unspecified atom stereocenters. The molecule has 3 aromatic rings. The van der Waals surface area contributed by atoms with Crippen molar-refractivity contribution in [1.82, 2.24) is 4.98 Å². The molecule has 0 aliphatic rings. The van der Waals surface area contributed by atoms with E-state index in [9.17, 15) is 4.79 Å². The molecule has 0 spiro atoms. The number of thiazole rings is 1. The van der Waals surface area contributed by atoms with Crippen LogP contribution in [0.25, 0.3) is 11.3 Å². The number of hydrogen-bond acceptors (Lipinski definition) is 4. The van der Waals surface area contributed by atoms with Gasteiger partial charge in [0, 0.05) is 26.6 Å². The van der Waals surface area contributed by atoms with E-state index in [1.807, 2.05) is 19.1 Å². The molecule has 0 aliphatic heterocycles. The van der Waals surface area contributed by atoms with Crippen LogP contribution < -0.4 is 10.1 Å². The fourth-order valence-electron chi connectivity index (χ4n) is 2.21. The van der Waals surface area contributed by atoms with Gasteiger partial charge in [-0.25, -0.2) is 4.98 Å². The highest BCUT2D eigenvalue weighted by Crippen LogP contribution is 2.31. The Morgan fingerprint density at radius 3 is 2.54 bits per heavy atom. The molecular formula is C18H13Cl3N2O2S. The van der Waals surface area contributed by atoms with Gasteiger partial charge in [-0.3, -0.25) is 10.1 Å². The summed E-state index contributed by atoms with van der Waals surface area (Å²) < 4.78 is 5.42. The number of nitrogens with zero attached hydrogens (tertiary/aromatic N) is 1. The van der Waals surface area contributed by atoms with Crippen molar-refractivity contribution in [3.05, 3.63) is 62.4 Å². The van der Waals surface area contributed by atoms with Gasteiger partial charge in [0.1, 0.15) is 5.75 Å². The van der Waals surface area contributed by atoms with E-state index in [2.05, 4.69) is 10.3 Å². The quantitative estimate of drug-likeness (QED) is 0.535. The third kappa shape index (κ3) is 4.68. The molecule has 4 nitrogen and oxygen atoms in total. The average Bonchev–Trinajstić information content (AvgIpc) is 2.96. The second kappa shape index (κ2) is 8.27. The molecule has 0 bridgehead atoms. The maximum Gasteiger partial charge on any atom is 0.264 e. The fourth-order valence-corrected chi connectivity index (χ4v) is 3.52. The van der Waals surface area contributed by atoms with Gasteiger partial charge in [0.15, 0.2) is 11.7 Å². The Balaban J connectivity index is 1.65. The van der Waals surface area contributed by atoms with Crippen molar-refractivity contribution in [3.8, 4) is 17.0 Å². The van der Waals surface area contributed by atoms with Gasteiger partial charge in [0.25, 0.3) is 5.91 Å². The molecule has 1 amide bonds. The van der Waals surface area contributed by atoms with Gasteiger partial charge in [-0.05, 0) is 31.2 Å². The molecular weight excluding hydrogens is 415 g/mol. The Kier molecular flexibility index (Phi) is 6.04. The van der Waals surface area contributed by atoms with E-state index in [1.165, 1.54) is 11.3 Å². The number of carbonyl (C=O) groups is 1. The van der Waals surface area contributed by atoms with E-state index in [-0.39, 0.29) is 12.5 Å². The van der Waals surface area contributed by atoms with Crippen LogP contribution in [-0.2, 0) is 4.79 Å². The van der Waals surface area contributed by atoms with Crippen LogP contribution in [0, 0.1) is 6.92 Å². The number of aryl methyl sites for hydroxylation is 1. The summed E-state index contributed by atoms with van der Waals surface area (Å²) in [6.07, 6.45) is 0. The number of nitrogens with one attached hydrogen (secondary N) is 1. The molecule has 0 fully saturated rings. The van der Waals surface area contributed by atoms with Gasteiger partial charge < -0.3 is 4.74 Å². The van der Waals surface area contributed by atoms with Crippen LogP contribution in [0.1, 0.15) is 4.88 Å². The predicted octanol–water partition coefficient (Wildman–Crippen LogP) is 6.10. The van der Waals surface area contributed by atoms with Gasteiger partial charge in [0.05, 0.1) is 10.7 Å². The summed E-state index contributed by atoms with van der Waals surface area (Å²) in [5, 5.41) is 4.75. The maximum atomic E-state index is 12.1. The Hall–Kier alpha value is -1.79. The van der Waals surface area contributed by atoms with Crippen molar-refractivity contribution in [3.63, 3.8) is 0 Å². The molecule has 0 saturated heterocycles. The maximum absolute atomic E-state index is 12.1. The number of amides is 1. The largest absolute Gasteiger partial charge is 0.482 e. The van der Waals surface area contributed by atoms with Crippen LogP contribution in [0.15, 0.2) is 42.5 Å². The summed E-state index contributed by atoms with van der Waals surface area (Å²) in [5.74, 6) is 0.0175. The first-order valence-corrected chi connectivity index (χ1v) is 9.48. The lowest BCUT2D eigenvalue weighted by molar-refractivity contribution is -0.118. The summed E-state index contributed by atoms with van der Waals surface area (Å²) in [4.78, 5) is 17.6. The Morgan fingerprint density at radius 2 is 1.81 bits per heavy atom. The van der Waals surface area contributed by atoms with E-state index in [4.69, 9.17) is 39.5 Å². The minimum atomic E-state index is -0.336. The van der Waals surface area contributed by atoms with Gasteiger partial charge in [0.2, 0.25) is 0 Å². The second-order valence-electron chi connectivity index (χ2n) is 5.34.